The Morgan fingerprint density at radius 3 is 2.90 bits per heavy atom. The van der Waals surface area contributed by atoms with Crippen LogP contribution < -0.4 is 5.32 Å². The summed E-state index contributed by atoms with van der Waals surface area (Å²) in [6.45, 7) is 0.857. The summed E-state index contributed by atoms with van der Waals surface area (Å²) in [6.07, 6.45) is 1.35. The Balaban J connectivity index is 1.79. The van der Waals surface area contributed by atoms with E-state index in [-0.39, 0.29) is 6.10 Å². The van der Waals surface area contributed by atoms with Gasteiger partial charge in [0.2, 0.25) is 0 Å². The molecule has 0 bridgehead atoms. The Morgan fingerprint density at radius 2 is 2.00 bits per heavy atom. The maximum Gasteiger partial charge on any atom is 0.0896 e. The number of nitrogens with one attached hydrogen (secondary N) is 1. The molecule has 2 aliphatic heterocycles. The average Bonchev–Trinajstić information content (AvgIpc) is 2.96. The van der Waals surface area contributed by atoms with Crippen molar-refractivity contribution in [3.8, 4) is 0 Å². The molecule has 0 unspecified atom stereocenters. The highest BCUT2D eigenvalue weighted by Crippen LogP contribution is 2.49. The van der Waals surface area contributed by atoms with Crippen molar-refractivity contribution in [1.29, 1.82) is 0 Å². The molecule has 0 spiro atoms. The van der Waals surface area contributed by atoms with Crippen molar-refractivity contribution in [2.24, 2.45) is 5.92 Å². The molecule has 1 saturated heterocycles. The van der Waals surface area contributed by atoms with Gasteiger partial charge in [-0.1, -0.05) is 46.3 Å². The zero-order chi connectivity index (χ0) is 13.5. The molecule has 2 heterocycles. The summed E-state index contributed by atoms with van der Waals surface area (Å²) in [7, 11) is 0. The van der Waals surface area contributed by atoms with Crippen molar-refractivity contribution in [1.82, 2.24) is 0 Å². The largest absolute Gasteiger partial charge is 0.378 e. The van der Waals surface area contributed by atoms with Crippen LogP contribution in [0, 0.1) is 5.92 Å². The van der Waals surface area contributed by atoms with E-state index in [9.17, 15) is 0 Å². The zero-order valence-electron chi connectivity index (χ0n) is 11.1. The number of halogens is 1. The number of benzene rings is 2. The topological polar surface area (TPSA) is 21.3 Å². The van der Waals surface area contributed by atoms with Crippen molar-refractivity contribution >= 4 is 21.6 Å². The highest BCUT2D eigenvalue weighted by atomic mass is 79.9. The number of hydrogen-bond donors (Lipinski definition) is 1. The molecule has 0 saturated carbocycles. The van der Waals surface area contributed by atoms with Crippen molar-refractivity contribution in [3.63, 3.8) is 0 Å². The summed E-state index contributed by atoms with van der Waals surface area (Å²) in [6, 6.07) is 17.4. The van der Waals surface area contributed by atoms with Gasteiger partial charge in [-0.2, -0.15) is 0 Å². The second-order valence-corrected chi connectivity index (χ2v) is 6.42. The van der Waals surface area contributed by atoms with E-state index < -0.39 is 0 Å². The van der Waals surface area contributed by atoms with Gasteiger partial charge >= 0.3 is 0 Å². The van der Waals surface area contributed by atoms with Gasteiger partial charge in [-0.3, -0.25) is 0 Å². The molecule has 3 heteroatoms. The van der Waals surface area contributed by atoms with Crippen LogP contribution in [0.2, 0.25) is 0 Å². The van der Waals surface area contributed by atoms with E-state index in [1.165, 1.54) is 16.8 Å². The van der Waals surface area contributed by atoms with Crippen LogP contribution in [-0.2, 0) is 4.74 Å². The molecule has 1 fully saturated rings. The first-order chi connectivity index (χ1) is 9.83. The third-order valence-electron chi connectivity index (χ3n) is 4.35. The molecule has 2 aromatic carbocycles. The minimum absolute atomic E-state index is 0.233. The summed E-state index contributed by atoms with van der Waals surface area (Å²) >= 11 is 3.57. The van der Waals surface area contributed by atoms with Gasteiger partial charge in [0.15, 0.2) is 0 Å². The van der Waals surface area contributed by atoms with Crippen LogP contribution >= 0.6 is 15.9 Å². The lowest BCUT2D eigenvalue weighted by Crippen LogP contribution is -2.29. The van der Waals surface area contributed by atoms with E-state index in [0.717, 1.165) is 17.5 Å². The summed E-state index contributed by atoms with van der Waals surface area (Å²) in [5.41, 5.74) is 3.84. The van der Waals surface area contributed by atoms with Gasteiger partial charge in [-0.05, 0) is 30.2 Å². The normalized spacial score (nSPS) is 27.6. The smallest absolute Gasteiger partial charge is 0.0896 e. The van der Waals surface area contributed by atoms with Gasteiger partial charge in [0.05, 0.1) is 12.1 Å². The summed E-state index contributed by atoms with van der Waals surface area (Å²) in [4.78, 5) is 0. The predicted octanol–water partition coefficient (Wildman–Crippen LogP) is 4.69. The van der Waals surface area contributed by atoms with E-state index in [0.29, 0.717) is 12.0 Å². The number of anilines is 1. The fourth-order valence-corrected chi connectivity index (χ4v) is 3.87. The number of hydrogen-bond acceptors (Lipinski definition) is 2. The molecular formula is C17H16BrNO. The van der Waals surface area contributed by atoms with Crippen molar-refractivity contribution < 1.29 is 4.74 Å². The van der Waals surface area contributed by atoms with Gasteiger partial charge in [0, 0.05) is 28.2 Å². The van der Waals surface area contributed by atoms with Crippen LogP contribution in [0.4, 0.5) is 5.69 Å². The SMILES string of the molecule is Brc1cccc([C@@H]2Nc3ccccc3[C@@H]3OCC[C@H]23)c1. The van der Waals surface area contributed by atoms with Crippen molar-refractivity contribution in [3.05, 3.63) is 64.1 Å². The lowest BCUT2D eigenvalue weighted by molar-refractivity contribution is 0.0829. The Kier molecular flexibility index (Phi) is 3.04. The molecule has 0 radical (unpaired) electrons. The number of ether oxygens (including phenoxy) is 1. The van der Waals surface area contributed by atoms with Crippen LogP contribution in [0.25, 0.3) is 0 Å². The monoisotopic (exact) mass is 329 g/mol. The second kappa shape index (κ2) is 4.90. The molecule has 2 aliphatic rings. The number of rotatable bonds is 1. The third kappa shape index (κ3) is 1.97. The molecule has 3 atom stereocenters. The van der Waals surface area contributed by atoms with Crippen LogP contribution in [0.15, 0.2) is 53.0 Å². The first-order valence-electron chi connectivity index (χ1n) is 7.05. The second-order valence-electron chi connectivity index (χ2n) is 5.51. The molecule has 0 aliphatic carbocycles. The lowest BCUT2D eigenvalue weighted by Gasteiger charge is -2.36. The van der Waals surface area contributed by atoms with Gasteiger partial charge in [-0.15, -0.1) is 0 Å². The van der Waals surface area contributed by atoms with E-state index in [1.54, 1.807) is 0 Å². The molecule has 2 nitrogen and oxygen atoms in total. The van der Waals surface area contributed by atoms with Gasteiger partial charge in [0.25, 0.3) is 0 Å². The molecule has 4 rings (SSSR count). The van der Waals surface area contributed by atoms with Crippen LogP contribution in [-0.4, -0.2) is 6.61 Å². The molecule has 0 amide bonds. The summed E-state index contributed by atoms with van der Waals surface area (Å²) in [5.74, 6) is 0.513. The van der Waals surface area contributed by atoms with Crippen LogP contribution in [0.5, 0.6) is 0 Å². The minimum Gasteiger partial charge on any atom is -0.378 e. The third-order valence-corrected chi connectivity index (χ3v) is 4.84. The molecule has 20 heavy (non-hydrogen) atoms. The molecule has 0 aromatic heterocycles. The van der Waals surface area contributed by atoms with E-state index in [1.807, 2.05) is 0 Å². The summed E-state index contributed by atoms with van der Waals surface area (Å²) in [5, 5.41) is 3.71. The number of para-hydroxylation sites is 1. The van der Waals surface area contributed by atoms with Crippen LogP contribution in [0.3, 0.4) is 0 Å². The van der Waals surface area contributed by atoms with Crippen molar-refractivity contribution in [2.45, 2.75) is 18.6 Å². The fraction of sp³-hybridized carbons (Fsp3) is 0.294. The van der Waals surface area contributed by atoms with Crippen LogP contribution in [0.1, 0.15) is 29.7 Å². The Morgan fingerprint density at radius 1 is 1.10 bits per heavy atom. The van der Waals surface area contributed by atoms with E-state index in [4.69, 9.17) is 4.74 Å². The van der Waals surface area contributed by atoms with Gasteiger partial charge in [0.1, 0.15) is 0 Å². The standard InChI is InChI=1S/C17H16BrNO/c18-12-5-3-4-11(10-12)16-14-8-9-20-17(14)13-6-1-2-7-15(13)19-16/h1-7,10,14,16-17,19H,8-9H2/t14-,16+,17+/m1/s1. The molecule has 102 valence electrons. The minimum atomic E-state index is 0.233. The van der Waals surface area contributed by atoms with Gasteiger partial charge in [-0.25, -0.2) is 0 Å². The molecular weight excluding hydrogens is 314 g/mol. The molecule has 2 aromatic rings. The lowest BCUT2D eigenvalue weighted by atomic mass is 9.81. The Bertz CT molecular complexity index is 642. The summed E-state index contributed by atoms with van der Waals surface area (Å²) < 4.78 is 7.14. The highest BCUT2D eigenvalue weighted by Gasteiger charge is 2.41. The van der Waals surface area contributed by atoms with E-state index in [2.05, 4.69) is 69.8 Å². The quantitative estimate of drug-likeness (QED) is 0.819. The maximum atomic E-state index is 6.01. The number of fused-ring (bicyclic) bond motifs is 3. The van der Waals surface area contributed by atoms with Crippen molar-refractivity contribution in [2.75, 3.05) is 11.9 Å². The highest BCUT2D eigenvalue weighted by molar-refractivity contribution is 9.10. The van der Waals surface area contributed by atoms with Gasteiger partial charge < -0.3 is 10.1 Å². The predicted molar refractivity (Wildman–Crippen MR) is 83.7 cm³/mol. The average molecular weight is 330 g/mol. The Labute approximate surface area is 127 Å². The zero-order valence-corrected chi connectivity index (χ0v) is 12.6. The first-order valence-corrected chi connectivity index (χ1v) is 7.85. The Hall–Kier alpha value is -1.32. The first kappa shape index (κ1) is 12.4. The van der Waals surface area contributed by atoms with E-state index >= 15 is 0 Å². The fourth-order valence-electron chi connectivity index (χ4n) is 3.45. The molecule has 1 N–H and O–H groups in total. The maximum absolute atomic E-state index is 6.01.